The zero-order chi connectivity index (χ0) is 14.4. The van der Waals surface area contributed by atoms with Gasteiger partial charge in [-0.05, 0) is 53.2 Å². The molecular weight excluding hydrogens is 342 g/mol. The topological polar surface area (TPSA) is 34.4 Å². The molecule has 1 aromatic carbocycles. The average molecular weight is 359 g/mol. The van der Waals surface area contributed by atoms with Crippen molar-refractivity contribution in [3.05, 3.63) is 51.9 Å². The van der Waals surface area contributed by atoms with Gasteiger partial charge in [0.2, 0.25) is 0 Å². The molecule has 1 N–H and O–H groups in total. The number of hydrogen-bond donors (Lipinski definition) is 1. The van der Waals surface area contributed by atoms with E-state index in [9.17, 15) is 0 Å². The lowest BCUT2D eigenvalue weighted by molar-refractivity contribution is 0.246. The molecule has 1 aromatic heterocycles. The van der Waals surface area contributed by atoms with Crippen LogP contribution in [-0.4, -0.2) is 13.2 Å². The molecule has 0 aliphatic heterocycles. The predicted octanol–water partition coefficient (Wildman–Crippen LogP) is 4.82. The highest BCUT2D eigenvalue weighted by atomic mass is 79.9. The van der Waals surface area contributed by atoms with E-state index in [4.69, 9.17) is 20.8 Å². The van der Waals surface area contributed by atoms with Crippen LogP contribution >= 0.6 is 27.5 Å². The second-order valence-corrected chi connectivity index (χ2v) is 5.70. The molecule has 0 bridgehead atoms. The number of hydrogen-bond acceptors (Lipinski definition) is 3. The van der Waals surface area contributed by atoms with Crippen molar-refractivity contribution in [1.29, 1.82) is 0 Å². The lowest BCUT2D eigenvalue weighted by Gasteiger charge is -2.17. The van der Waals surface area contributed by atoms with Crippen LogP contribution in [0.2, 0.25) is 5.02 Å². The van der Waals surface area contributed by atoms with Crippen molar-refractivity contribution in [2.75, 3.05) is 13.2 Å². The molecule has 0 aliphatic rings. The Hall–Kier alpha value is -0.970. The molecular formula is C15H17BrClNO2. The maximum atomic E-state index is 5.95. The van der Waals surface area contributed by atoms with Gasteiger partial charge in [0.15, 0.2) is 0 Å². The van der Waals surface area contributed by atoms with Gasteiger partial charge in [0, 0.05) is 5.02 Å². The van der Waals surface area contributed by atoms with Gasteiger partial charge in [-0.25, -0.2) is 0 Å². The fourth-order valence-electron chi connectivity index (χ4n) is 1.84. The predicted molar refractivity (Wildman–Crippen MR) is 84.4 cm³/mol. The highest BCUT2D eigenvalue weighted by Crippen LogP contribution is 2.26. The number of nitrogens with one attached hydrogen (secondary N) is 1. The zero-order valence-electron chi connectivity index (χ0n) is 11.2. The van der Waals surface area contributed by atoms with Crippen molar-refractivity contribution in [3.8, 4) is 5.75 Å². The fourth-order valence-corrected chi connectivity index (χ4v) is 2.49. The SMILES string of the molecule is CCCNC(COc1cccc(Cl)c1)c1occc1Br. The Morgan fingerprint density at radius 1 is 1.40 bits per heavy atom. The molecule has 3 nitrogen and oxygen atoms in total. The molecule has 0 saturated carbocycles. The summed E-state index contributed by atoms with van der Waals surface area (Å²) in [7, 11) is 0. The molecule has 2 aromatic rings. The summed E-state index contributed by atoms with van der Waals surface area (Å²) in [6, 6.07) is 9.27. The quantitative estimate of drug-likeness (QED) is 0.771. The van der Waals surface area contributed by atoms with Crippen LogP contribution in [0, 0.1) is 0 Å². The molecule has 0 saturated heterocycles. The molecule has 0 spiro atoms. The van der Waals surface area contributed by atoms with E-state index in [0.29, 0.717) is 11.6 Å². The first kappa shape index (κ1) is 15.4. The van der Waals surface area contributed by atoms with Crippen LogP contribution in [0.1, 0.15) is 25.1 Å². The third kappa shape index (κ3) is 4.27. The van der Waals surface area contributed by atoms with E-state index in [2.05, 4.69) is 28.2 Å². The smallest absolute Gasteiger partial charge is 0.138 e. The molecule has 1 heterocycles. The highest BCUT2D eigenvalue weighted by Gasteiger charge is 2.18. The Morgan fingerprint density at radius 2 is 2.25 bits per heavy atom. The minimum Gasteiger partial charge on any atom is -0.491 e. The van der Waals surface area contributed by atoms with Crippen molar-refractivity contribution in [3.63, 3.8) is 0 Å². The van der Waals surface area contributed by atoms with E-state index >= 15 is 0 Å². The Balaban J connectivity index is 2.03. The van der Waals surface area contributed by atoms with Gasteiger partial charge in [0.25, 0.3) is 0 Å². The molecule has 20 heavy (non-hydrogen) atoms. The first-order valence-electron chi connectivity index (χ1n) is 6.55. The van der Waals surface area contributed by atoms with Crippen LogP contribution < -0.4 is 10.1 Å². The van der Waals surface area contributed by atoms with E-state index in [1.165, 1.54) is 0 Å². The van der Waals surface area contributed by atoms with E-state index in [1.807, 2.05) is 24.3 Å². The summed E-state index contributed by atoms with van der Waals surface area (Å²) in [5, 5.41) is 4.08. The number of ether oxygens (including phenoxy) is 1. The molecule has 0 amide bonds. The van der Waals surface area contributed by atoms with Gasteiger partial charge in [-0.2, -0.15) is 0 Å². The number of furan rings is 1. The number of benzene rings is 1. The Labute approximate surface area is 132 Å². The monoisotopic (exact) mass is 357 g/mol. The minimum absolute atomic E-state index is 0.00157. The molecule has 108 valence electrons. The largest absolute Gasteiger partial charge is 0.491 e. The zero-order valence-corrected chi connectivity index (χ0v) is 13.6. The van der Waals surface area contributed by atoms with Crippen molar-refractivity contribution < 1.29 is 9.15 Å². The maximum absolute atomic E-state index is 5.95. The van der Waals surface area contributed by atoms with Crippen molar-refractivity contribution in [1.82, 2.24) is 5.32 Å². The van der Waals surface area contributed by atoms with E-state index in [1.54, 1.807) is 12.3 Å². The van der Waals surface area contributed by atoms with E-state index < -0.39 is 0 Å². The fraction of sp³-hybridized carbons (Fsp3) is 0.333. The molecule has 5 heteroatoms. The second kappa shape index (κ2) is 7.72. The van der Waals surface area contributed by atoms with Gasteiger partial charge in [-0.1, -0.05) is 24.6 Å². The second-order valence-electron chi connectivity index (χ2n) is 4.41. The summed E-state index contributed by atoms with van der Waals surface area (Å²) in [4.78, 5) is 0. The van der Waals surface area contributed by atoms with Crippen LogP contribution in [-0.2, 0) is 0 Å². The maximum Gasteiger partial charge on any atom is 0.138 e. The van der Waals surface area contributed by atoms with Crippen molar-refractivity contribution >= 4 is 27.5 Å². The van der Waals surface area contributed by atoms with Gasteiger partial charge in [0.1, 0.15) is 24.2 Å². The summed E-state index contributed by atoms with van der Waals surface area (Å²) < 4.78 is 12.3. The molecule has 1 unspecified atom stereocenters. The van der Waals surface area contributed by atoms with Crippen LogP contribution in [0.15, 0.2) is 45.5 Å². The Kier molecular flexibility index (Phi) is 5.95. The minimum atomic E-state index is -0.00157. The van der Waals surface area contributed by atoms with E-state index in [-0.39, 0.29) is 6.04 Å². The summed E-state index contributed by atoms with van der Waals surface area (Å²) in [6.45, 7) is 3.50. The van der Waals surface area contributed by atoms with Crippen molar-refractivity contribution in [2.24, 2.45) is 0 Å². The average Bonchev–Trinajstić information content (AvgIpc) is 2.85. The molecule has 0 aliphatic carbocycles. The summed E-state index contributed by atoms with van der Waals surface area (Å²) >= 11 is 9.43. The lowest BCUT2D eigenvalue weighted by Crippen LogP contribution is -2.27. The molecule has 0 fully saturated rings. The van der Waals surface area contributed by atoms with Crippen LogP contribution in [0.5, 0.6) is 5.75 Å². The number of halogens is 2. The standard InChI is InChI=1S/C15H17BrClNO2/c1-2-7-18-14(15-13(16)6-8-19-15)10-20-12-5-3-4-11(17)9-12/h3-6,8-9,14,18H,2,7,10H2,1H3. The molecule has 2 rings (SSSR count). The first-order chi connectivity index (χ1) is 9.70. The summed E-state index contributed by atoms with van der Waals surface area (Å²) in [5.41, 5.74) is 0. The van der Waals surface area contributed by atoms with Gasteiger partial charge < -0.3 is 14.5 Å². The van der Waals surface area contributed by atoms with Gasteiger partial charge >= 0.3 is 0 Å². The molecule has 0 radical (unpaired) electrons. The first-order valence-corrected chi connectivity index (χ1v) is 7.72. The lowest BCUT2D eigenvalue weighted by atomic mass is 10.2. The van der Waals surface area contributed by atoms with Crippen LogP contribution in [0.25, 0.3) is 0 Å². The summed E-state index contributed by atoms with van der Waals surface area (Å²) in [6.07, 6.45) is 2.71. The van der Waals surface area contributed by atoms with Gasteiger partial charge in [0.05, 0.1) is 10.7 Å². The van der Waals surface area contributed by atoms with Crippen molar-refractivity contribution in [2.45, 2.75) is 19.4 Å². The van der Waals surface area contributed by atoms with Crippen LogP contribution in [0.3, 0.4) is 0 Å². The Bertz CT molecular complexity index is 544. The number of rotatable bonds is 7. The van der Waals surface area contributed by atoms with Crippen LogP contribution in [0.4, 0.5) is 0 Å². The normalized spacial score (nSPS) is 12.3. The molecule has 1 atom stereocenters. The Morgan fingerprint density at radius 3 is 2.90 bits per heavy atom. The van der Waals surface area contributed by atoms with Gasteiger partial charge in [-0.15, -0.1) is 0 Å². The summed E-state index contributed by atoms with van der Waals surface area (Å²) in [5.74, 6) is 1.60. The third-order valence-electron chi connectivity index (χ3n) is 2.81. The van der Waals surface area contributed by atoms with Gasteiger partial charge in [-0.3, -0.25) is 0 Å². The third-order valence-corrected chi connectivity index (χ3v) is 3.70. The highest BCUT2D eigenvalue weighted by molar-refractivity contribution is 9.10. The van der Waals surface area contributed by atoms with E-state index in [0.717, 1.165) is 28.9 Å².